The lowest BCUT2D eigenvalue weighted by atomic mass is 9.99. The number of carbonyl (C=O) groups is 1. The van der Waals surface area contributed by atoms with E-state index in [9.17, 15) is 40.5 Å². The lowest BCUT2D eigenvalue weighted by Gasteiger charge is -2.39. The fourth-order valence-electron chi connectivity index (χ4n) is 3.29. The van der Waals surface area contributed by atoms with Crippen LogP contribution < -0.4 is 4.74 Å². The number of Topliss-reactive ketones (excluding diaryl/α,β-unsaturated/α-hetero) is 1. The minimum atomic E-state index is -1.71. The van der Waals surface area contributed by atoms with E-state index in [0.717, 1.165) is 12.1 Å². The van der Waals surface area contributed by atoms with Crippen LogP contribution in [0.5, 0.6) is 23.0 Å². The third-order valence-electron chi connectivity index (χ3n) is 4.97. The fraction of sp³-hybridized carbons (Fsp3) is 0.381. The Kier molecular flexibility index (Phi) is 6.98. The average Bonchev–Trinajstić information content (AvgIpc) is 2.72. The molecule has 2 aromatic carbocycles. The highest BCUT2D eigenvalue weighted by Crippen LogP contribution is 2.36. The zero-order valence-electron chi connectivity index (χ0n) is 16.3. The second-order valence-corrected chi connectivity index (χ2v) is 7.32. The number of benzene rings is 2. The van der Waals surface area contributed by atoms with Crippen molar-refractivity contribution in [3.8, 4) is 23.0 Å². The third kappa shape index (κ3) is 5.24. The SMILES string of the molecule is O=C(Cc1ccc(O)cc1)Cc1c(O)cc(O)cc1O[C@@H]1O[C@H](CO)[C@@H](O)[C@H](O)[C@H]1O. The summed E-state index contributed by atoms with van der Waals surface area (Å²) in [6, 6.07) is 8.15. The van der Waals surface area contributed by atoms with Crippen molar-refractivity contribution in [2.75, 3.05) is 6.61 Å². The normalized spacial score (nSPS) is 25.9. The third-order valence-corrected chi connectivity index (χ3v) is 4.97. The van der Waals surface area contributed by atoms with E-state index in [4.69, 9.17) is 9.47 Å². The van der Waals surface area contributed by atoms with Gasteiger partial charge in [0.05, 0.1) is 6.61 Å². The molecule has 5 atom stereocenters. The van der Waals surface area contributed by atoms with Crippen LogP contribution in [0.2, 0.25) is 0 Å². The van der Waals surface area contributed by atoms with Gasteiger partial charge in [-0.2, -0.15) is 0 Å². The van der Waals surface area contributed by atoms with Gasteiger partial charge in [-0.15, -0.1) is 0 Å². The van der Waals surface area contributed by atoms with Crippen molar-refractivity contribution in [3.05, 3.63) is 47.5 Å². The number of phenols is 3. The first-order chi connectivity index (χ1) is 14.7. The summed E-state index contributed by atoms with van der Waals surface area (Å²) >= 11 is 0. The topological polar surface area (TPSA) is 177 Å². The number of aliphatic hydroxyl groups is 4. The molecule has 0 aliphatic carbocycles. The van der Waals surface area contributed by atoms with Gasteiger partial charge in [-0.05, 0) is 17.7 Å². The smallest absolute Gasteiger partial charge is 0.229 e. The van der Waals surface area contributed by atoms with Crippen LogP contribution >= 0.6 is 0 Å². The molecule has 0 aromatic heterocycles. The van der Waals surface area contributed by atoms with Crippen LogP contribution in [0.1, 0.15) is 11.1 Å². The van der Waals surface area contributed by atoms with Crippen LogP contribution in [0.4, 0.5) is 0 Å². The molecule has 31 heavy (non-hydrogen) atoms. The molecule has 0 amide bonds. The monoisotopic (exact) mass is 436 g/mol. The molecule has 0 spiro atoms. The minimum absolute atomic E-state index is 0.0000823. The van der Waals surface area contributed by atoms with Crippen molar-refractivity contribution in [1.82, 2.24) is 0 Å². The van der Waals surface area contributed by atoms with Gasteiger partial charge in [0.2, 0.25) is 6.29 Å². The number of ether oxygens (including phenoxy) is 2. The molecule has 1 heterocycles. The van der Waals surface area contributed by atoms with Crippen molar-refractivity contribution in [1.29, 1.82) is 0 Å². The molecule has 7 N–H and O–H groups in total. The molecule has 2 aromatic rings. The molecular formula is C21H24O10. The highest BCUT2D eigenvalue weighted by molar-refractivity contribution is 5.84. The van der Waals surface area contributed by atoms with Crippen LogP contribution in [0.25, 0.3) is 0 Å². The second kappa shape index (κ2) is 9.50. The van der Waals surface area contributed by atoms with E-state index in [1.165, 1.54) is 12.1 Å². The van der Waals surface area contributed by atoms with Gasteiger partial charge < -0.3 is 45.2 Å². The van der Waals surface area contributed by atoms with Gasteiger partial charge in [-0.1, -0.05) is 12.1 Å². The first kappa shape index (κ1) is 22.8. The Morgan fingerprint density at radius 1 is 0.903 bits per heavy atom. The van der Waals surface area contributed by atoms with Crippen LogP contribution in [0.15, 0.2) is 36.4 Å². The average molecular weight is 436 g/mol. The van der Waals surface area contributed by atoms with E-state index >= 15 is 0 Å². The number of rotatable bonds is 7. The summed E-state index contributed by atoms with van der Waals surface area (Å²) in [6.07, 6.45) is -8.02. The summed E-state index contributed by atoms with van der Waals surface area (Å²) in [5.41, 5.74) is 0.649. The van der Waals surface area contributed by atoms with Gasteiger partial charge in [-0.3, -0.25) is 4.79 Å². The van der Waals surface area contributed by atoms with E-state index in [0.29, 0.717) is 5.56 Å². The van der Waals surface area contributed by atoms with Crippen molar-refractivity contribution >= 4 is 5.78 Å². The second-order valence-electron chi connectivity index (χ2n) is 7.32. The van der Waals surface area contributed by atoms with Crippen LogP contribution in [-0.4, -0.2) is 78.8 Å². The maximum Gasteiger partial charge on any atom is 0.229 e. The summed E-state index contributed by atoms with van der Waals surface area (Å²) in [7, 11) is 0. The lowest BCUT2D eigenvalue weighted by molar-refractivity contribution is -0.277. The van der Waals surface area contributed by atoms with Crippen molar-refractivity contribution in [2.24, 2.45) is 0 Å². The molecule has 0 saturated carbocycles. The number of hydrogen-bond donors (Lipinski definition) is 7. The largest absolute Gasteiger partial charge is 0.508 e. The number of ketones is 1. The summed E-state index contributed by atoms with van der Waals surface area (Å²) in [4.78, 5) is 12.5. The summed E-state index contributed by atoms with van der Waals surface area (Å²) in [5, 5.41) is 68.6. The fourth-order valence-corrected chi connectivity index (χ4v) is 3.29. The van der Waals surface area contributed by atoms with Gasteiger partial charge in [0.1, 0.15) is 53.2 Å². The van der Waals surface area contributed by atoms with Crippen molar-refractivity contribution in [3.63, 3.8) is 0 Å². The van der Waals surface area contributed by atoms with Crippen LogP contribution in [0.3, 0.4) is 0 Å². The molecule has 1 aliphatic rings. The summed E-state index contributed by atoms with van der Waals surface area (Å²) in [6.45, 7) is -0.659. The Bertz CT molecular complexity index is 911. The maximum atomic E-state index is 12.5. The molecule has 10 heteroatoms. The predicted octanol–water partition coefficient (Wildman–Crippen LogP) is -0.664. The number of aromatic hydroxyl groups is 3. The van der Waals surface area contributed by atoms with Gasteiger partial charge in [-0.25, -0.2) is 0 Å². The quantitative estimate of drug-likeness (QED) is 0.295. The maximum absolute atomic E-state index is 12.5. The Balaban J connectivity index is 1.81. The Labute approximate surface area is 177 Å². The Morgan fingerprint density at radius 2 is 1.58 bits per heavy atom. The zero-order valence-corrected chi connectivity index (χ0v) is 16.3. The predicted molar refractivity (Wildman–Crippen MR) is 105 cm³/mol. The first-order valence-corrected chi connectivity index (χ1v) is 9.51. The van der Waals surface area contributed by atoms with Gasteiger partial charge in [0, 0.05) is 30.5 Å². The highest BCUT2D eigenvalue weighted by Gasteiger charge is 2.45. The van der Waals surface area contributed by atoms with Gasteiger partial charge in [0.25, 0.3) is 0 Å². The van der Waals surface area contributed by atoms with Gasteiger partial charge >= 0.3 is 0 Å². The molecule has 3 rings (SSSR count). The van der Waals surface area contributed by atoms with E-state index < -0.39 is 43.1 Å². The Hall–Kier alpha value is -2.89. The van der Waals surface area contributed by atoms with Crippen LogP contribution in [-0.2, 0) is 22.4 Å². The molecule has 1 saturated heterocycles. The first-order valence-electron chi connectivity index (χ1n) is 9.51. The number of carbonyl (C=O) groups excluding carboxylic acids is 1. The number of aliphatic hydroxyl groups excluding tert-OH is 4. The van der Waals surface area contributed by atoms with E-state index in [1.807, 2.05) is 0 Å². The van der Waals surface area contributed by atoms with Crippen molar-refractivity contribution < 1.29 is 50.0 Å². The molecule has 1 aliphatic heterocycles. The zero-order chi connectivity index (χ0) is 22.7. The van der Waals surface area contributed by atoms with Crippen molar-refractivity contribution in [2.45, 2.75) is 43.5 Å². The minimum Gasteiger partial charge on any atom is -0.508 e. The molecular weight excluding hydrogens is 412 g/mol. The lowest BCUT2D eigenvalue weighted by Crippen LogP contribution is -2.60. The van der Waals surface area contributed by atoms with E-state index in [-0.39, 0.29) is 41.4 Å². The molecule has 10 nitrogen and oxygen atoms in total. The number of phenolic OH excluding ortho intramolecular Hbond substituents is 3. The van der Waals surface area contributed by atoms with Gasteiger partial charge in [0.15, 0.2) is 0 Å². The summed E-state index contributed by atoms with van der Waals surface area (Å²) in [5.74, 6) is -1.25. The molecule has 0 bridgehead atoms. The number of hydrogen-bond acceptors (Lipinski definition) is 10. The standard InChI is InChI=1S/C21H24O10/c22-9-17-18(27)19(28)20(29)21(31-17)30-16-8-13(25)7-15(26)14(16)6-12(24)5-10-1-3-11(23)4-2-10/h1-4,7-8,17-23,25-29H,5-6,9H2/t17-,18-,19+,20-,21-/m1/s1. The van der Waals surface area contributed by atoms with Crippen LogP contribution in [0, 0.1) is 0 Å². The molecule has 1 fully saturated rings. The van der Waals surface area contributed by atoms with E-state index in [1.54, 1.807) is 12.1 Å². The molecule has 0 unspecified atom stereocenters. The highest BCUT2D eigenvalue weighted by atomic mass is 16.7. The molecule has 168 valence electrons. The van der Waals surface area contributed by atoms with E-state index in [2.05, 4.69) is 0 Å². The Morgan fingerprint density at radius 3 is 2.23 bits per heavy atom. The molecule has 0 radical (unpaired) electrons. The summed E-state index contributed by atoms with van der Waals surface area (Å²) < 4.78 is 10.8.